The summed E-state index contributed by atoms with van der Waals surface area (Å²) in [5.74, 6) is -1.36. The van der Waals surface area contributed by atoms with Crippen molar-refractivity contribution in [1.29, 1.82) is 0 Å². The van der Waals surface area contributed by atoms with Crippen molar-refractivity contribution in [2.75, 3.05) is 25.6 Å². The number of carbonyl (C=O) groups is 1. The lowest BCUT2D eigenvalue weighted by Gasteiger charge is -2.12. The Morgan fingerprint density at radius 2 is 1.96 bits per heavy atom. The summed E-state index contributed by atoms with van der Waals surface area (Å²) >= 11 is 3.01. The van der Waals surface area contributed by atoms with Crippen LogP contribution in [0.4, 0.5) is 14.5 Å². The van der Waals surface area contributed by atoms with Crippen LogP contribution in [0.25, 0.3) is 0 Å². The molecule has 0 saturated carbocycles. The van der Waals surface area contributed by atoms with Gasteiger partial charge in [0.05, 0.1) is 16.8 Å². The summed E-state index contributed by atoms with van der Waals surface area (Å²) in [7, 11) is 1.53. The van der Waals surface area contributed by atoms with E-state index in [1.54, 1.807) is 0 Å². The van der Waals surface area contributed by atoms with E-state index in [2.05, 4.69) is 21.2 Å². The fraction of sp³-hybridized carbons (Fsp3) is 0.188. The molecule has 0 unspecified atom stereocenters. The second kappa shape index (κ2) is 8.03. The summed E-state index contributed by atoms with van der Waals surface area (Å²) in [4.78, 5) is 12.2. The van der Waals surface area contributed by atoms with Crippen LogP contribution in [0, 0.1) is 11.6 Å². The summed E-state index contributed by atoms with van der Waals surface area (Å²) in [5.41, 5.74) is 0.271. The normalized spacial score (nSPS) is 10.4. The van der Waals surface area contributed by atoms with Crippen LogP contribution in [0.3, 0.4) is 0 Å². The Kier molecular flexibility index (Phi) is 6.06. The Labute approximate surface area is 140 Å². The Balaban J connectivity index is 2.18. The molecule has 1 amide bonds. The van der Waals surface area contributed by atoms with Gasteiger partial charge in [0.1, 0.15) is 24.0 Å². The third-order valence-electron chi connectivity index (χ3n) is 2.92. The van der Waals surface area contributed by atoms with Crippen molar-refractivity contribution < 1.29 is 23.0 Å². The Hall–Kier alpha value is -1.99. The van der Waals surface area contributed by atoms with Crippen LogP contribution in [-0.4, -0.2) is 26.2 Å². The van der Waals surface area contributed by atoms with Gasteiger partial charge in [-0.1, -0.05) is 0 Å². The molecule has 7 heteroatoms. The topological polar surface area (TPSA) is 47.6 Å². The molecule has 1 N–H and O–H groups in total. The summed E-state index contributed by atoms with van der Waals surface area (Å²) < 4.78 is 37.5. The zero-order valence-electron chi connectivity index (χ0n) is 12.2. The van der Waals surface area contributed by atoms with Gasteiger partial charge in [-0.15, -0.1) is 0 Å². The first-order chi connectivity index (χ1) is 11.0. The molecule has 23 heavy (non-hydrogen) atoms. The van der Waals surface area contributed by atoms with Crippen LogP contribution in [0.5, 0.6) is 5.75 Å². The predicted octanol–water partition coefficient (Wildman–Crippen LogP) is 4.00. The fourth-order valence-corrected chi connectivity index (χ4v) is 2.04. The highest BCUT2D eigenvalue weighted by Gasteiger charge is 2.13. The zero-order valence-corrected chi connectivity index (χ0v) is 13.8. The minimum Gasteiger partial charge on any atom is -0.489 e. The first kappa shape index (κ1) is 17.4. The maximum absolute atomic E-state index is 13.5. The molecule has 0 aliphatic carbocycles. The minimum atomic E-state index is -0.571. The third kappa shape index (κ3) is 4.74. The summed E-state index contributed by atoms with van der Waals surface area (Å²) in [6.07, 6.45) is 0. The van der Waals surface area contributed by atoms with Gasteiger partial charge in [-0.25, -0.2) is 8.78 Å². The number of rotatable bonds is 6. The van der Waals surface area contributed by atoms with E-state index in [4.69, 9.17) is 9.47 Å². The summed E-state index contributed by atoms with van der Waals surface area (Å²) in [6, 6.07) is 7.72. The van der Waals surface area contributed by atoms with Gasteiger partial charge in [0, 0.05) is 18.7 Å². The van der Waals surface area contributed by atoms with Crippen LogP contribution in [0.1, 0.15) is 10.4 Å². The smallest absolute Gasteiger partial charge is 0.255 e. The average Bonchev–Trinajstić information content (AvgIpc) is 2.52. The van der Waals surface area contributed by atoms with Crippen molar-refractivity contribution in [3.63, 3.8) is 0 Å². The monoisotopic (exact) mass is 385 g/mol. The second-order valence-corrected chi connectivity index (χ2v) is 5.42. The highest BCUT2D eigenvalue weighted by molar-refractivity contribution is 9.10. The summed E-state index contributed by atoms with van der Waals surface area (Å²) in [6.45, 7) is 0.598. The molecule has 2 aromatic rings. The van der Waals surface area contributed by atoms with Gasteiger partial charge in [0.25, 0.3) is 5.91 Å². The first-order valence-electron chi connectivity index (χ1n) is 6.69. The number of benzene rings is 2. The number of nitrogens with one attached hydrogen (secondary N) is 1. The quantitative estimate of drug-likeness (QED) is 0.764. The van der Waals surface area contributed by atoms with E-state index in [9.17, 15) is 13.6 Å². The molecule has 0 radical (unpaired) electrons. The van der Waals surface area contributed by atoms with Crippen LogP contribution in [0.2, 0.25) is 0 Å². The molecule has 0 aliphatic rings. The molecule has 0 atom stereocenters. The van der Waals surface area contributed by atoms with E-state index < -0.39 is 17.5 Å². The molecule has 4 nitrogen and oxygen atoms in total. The van der Waals surface area contributed by atoms with E-state index in [1.165, 1.54) is 31.4 Å². The van der Waals surface area contributed by atoms with Crippen LogP contribution >= 0.6 is 15.9 Å². The van der Waals surface area contributed by atoms with Gasteiger partial charge in [-0.3, -0.25) is 4.79 Å². The van der Waals surface area contributed by atoms with Gasteiger partial charge < -0.3 is 14.8 Å². The van der Waals surface area contributed by atoms with E-state index in [1.807, 2.05) is 0 Å². The van der Waals surface area contributed by atoms with E-state index in [0.717, 1.165) is 12.1 Å². The van der Waals surface area contributed by atoms with Crippen molar-refractivity contribution in [3.05, 3.63) is 58.1 Å². The number of carbonyl (C=O) groups excluding carboxylic acids is 1. The predicted molar refractivity (Wildman–Crippen MR) is 85.8 cm³/mol. The van der Waals surface area contributed by atoms with E-state index in [0.29, 0.717) is 12.4 Å². The number of ether oxygens (including phenoxy) is 2. The highest BCUT2D eigenvalue weighted by atomic mass is 79.9. The van der Waals surface area contributed by atoms with Crippen molar-refractivity contribution in [2.24, 2.45) is 0 Å². The molecule has 2 rings (SSSR count). The number of hydrogen-bond donors (Lipinski definition) is 1. The number of halogens is 3. The van der Waals surface area contributed by atoms with Gasteiger partial charge in [-0.2, -0.15) is 0 Å². The van der Waals surface area contributed by atoms with Gasteiger partial charge >= 0.3 is 0 Å². The second-order valence-electron chi connectivity index (χ2n) is 4.56. The minimum absolute atomic E-state index is 0.109. The van der Waals surface area contributed by atoms with E-state index >= 15 is 0 Å². The lowest BCUT2D eigenvalue weighted by molar-refractivity contribution is 0.102. The van der Waals surface area contributed by atoms with Gasteiger partial charge in [-0.05, 0) is 46.3 Å². The number of amides is 1. The lowest BCUT2D eigenvalue weighted by atomic mass is 10.2. The largest absolute Gasteiger partial charge is 0.489 e. The molecule has 0 bridgehead atoms. The molecule has 0 aromatic heterocycles. The molecular formula is C16H14BrF2NO3. The Morgan fingerprint density at radius 1 is 1.17 bits per heavy atom. The molecular weight excluding hydrogens is 372 g/mol. The first-order valence-corrected chi connectivity index (χ1v) is 7.48. The maximum Gasteiger partial charge on any atom is 0.255 e. The lowest BCUT2D eigenvalue weighted by Crippen LogP contribution is -2.14. The van der Waals surface area contributed by atoms with Crippen LogP contribution in [0.15, 0.2) is 40.9 Å². The summed E-state index contributed by atoms with van der Waals surface area (Å²) in [5, 5.41) is 2.51. The molecule has 0 heterocycles. The van der Waals surface area contributed by atoms with Gasteiger partial charge in [0.15, 0.2) is 0 Å². The third-order valence-corrected chi connectivity index (χ3v) is 3.56. The number of anilines is 1. The van der Waals surface area contributed by atoms with E-state index in [-0.39, 0.29) is 22.3 Å². The molecule has 0 spiro atoms. The van der Waals surface area contributed by atoms with Crippen molar-refractivity contribution in [2.45, 2.75) is 0 Å². The highest BCUT2D eigenvalue weighted by Crippen LogP contribution is 2.26. The molecule has 122 valence electrons. The molecule has 2 aromatic carbocycles. The Bertz CT molecular complexity index is 710. The SMILES string of the molecule is COCCOc1ccc(F)cc1NC(=O)c1ccc(Br)c(F)c1. The molecule has 0 aliphatic heterocycles. The fourth-order valence-electron chi connectivity index (χ4n) is 1.79. The van der Waals surface area contributed by atoms with Crippen LogP contribution in [-0.2, 0) is 4.74 Å². The van der Waals surface area contributed by atoms with Gasteiger partial charge in [0.2, 0.25) is 0 Å². The molecule has 0 saturated heterocycles. The zero-order chi connectivity index (χ0) is 16.8. The number of methoxy groups -OCH3 is 1. The van der Waals surface area contributed by atoms with Crippen molar-refractivity contribution in [1.82, 2.24) is 0 Å². The maximum atomic E-state index is 13.5. The average molecular weight is 386 g/mol. The standard InChI is InChI=1S/C16H14BrF2NO3/c1-22-6-7-23-15-5-3-11(18)9-14(15)20-16(21)10-2-4-12(17)13(19)8-10/h2-5,8-9H,6-7H2,1H3,(H,20,21). The van der Waals surface area contributed by atoms with Crippen molar-refractivity contribution in [3.8, 4) is 5.75 Å². The van der Waals surface area contributed by atoms with Crippen LogP contribution < -0.4 is 10.1 Å². The Morgan fingerprint density at radius 3 is 2.65 bits per heavy atom. The number of hydrogen-bond acceptors (Lipinski definition) is 3. The molecule has 0 fully saturated rings. The van der Waals surface area contributed by atoms with Crippen molar-refractivity contribution >= 4 is 27.5 Å².